The first kappa shape index (κ1) is 7.45. The molecule has 0 aromatic rings. The van der Waals surface area contributed by atoms with Gasteiger partial charge in [-0.25, -0.2) is 0 Å². The highest BCUT2D eigenvalue weighted by Crippen LogP contribution is 2.35. The third kappa shape index (κ3) is 1.05. The number of aliphatic hydroxyl groups is 3. The molecule has 0 bridgehead atoms. The first-order chi connectivity index (χ1) is 5.24. The number of ether oxygens (including phenoxy) is 2. The van der Waals surface area contributed by atoms with Crippen LogP contribution in [0, 0.1) is 0 Å². The molecule has 5 nitrogen and oxygen atoms in total. The minimum atomic E-state index is -1.04. The minimum Gasteiger partial charge on any atom is -0.394 e. The Morgan fingerprint density at radius 2 is 1.82 bits per heavy atom. The van der Waals surface area contributed by atoms with Gasteiger partial charge in [-0.1, -0.05) is 0 Å². The van der Waals surface area contributed by atoms with Crippen LogP contribution in [0.15, 0.2) is 0 Å². The molecule has 0 aliphatic carbocycles. The zero-order valence-corrected chi connectivity index (χ0v) is 5.75. The Balaban J connectivity index is 2.03. The van der Waals surface area contributed by atoms with E-state index in [2.05, 4.69) is 0 Å². The molecule has 0 saturated carbocycles. The molecule has 2 heterocycles. The maximum atomic E-state index is 9.22. The monoisotopic (exact) mass is 162 g/mol. The van der Waals surface area contributed by atoms with Gasteiger partial charge in [0.2, 0.25) is 0 Å². The molecule has 0 spiro atoms. The highest BCUT2D eigenvalue weighted by Gasteiger charge is 2.55. The molecule has 2 saturated heterocycles. The number of hydrogen-bond acceptors (Lipinski definition) is 5. The van der Waals surface area contributed by atoms with E-state index in [1.165, 1.54) is 0 Å². The zero-order valence-electron chi connectivity index (χ0n) is 5.75. The second-order valence-electron chi connectivity index (χ2n) is 2.81. The quantitative estimate of drug-likeness (QED) is 0.382. The third-order valence-corrected chi connectivity index (χ3v) is 2.04. The van der Waals surface area contributed by atoms with Gasteiger partial charge in [-0.2, -0.15) is 0 Å². The Morgan fingerprint density at radius 1 is 1.09 bits per heavy atom. The highest BCUT2D eigenvalue weighted by atomic mass is 16.8. The van der Waals surface area contributed by atoms with Gasteiger partial charge in [-0.05, 0) is 0 Å². The molecular weight excluding hydrogens is 152 g/mol. The van der Waals surface area contributed by atoms with Crippen LogP contribution in [-0.4, -0.2) is 52.6 Å². The van der Waals surface area contributed by atoms with E-state index in [0.717, 1.165) is 0 Å². The van der Waals surface area contributed by atoms with E-state index < -0.39 is 30.7 Å². The molecular formula is C6H10O5. The van der Waals surface area contributed by atoms with Gasteiger partial charge in [0.1, 0.15) is 24.4 Å². The van der Waals surface area contributed by atoms with Crippen molar-refractivity contribution in [3.8, 4) is 0 Å². The maximum absolute atomic E-state index is 9.22. The summed E-state index contributed by atoms with van der Waals surface area (Å²) in [7, 11) is 0. The van der Waals surface area contributed by atoms with E-state index in [4.69, 9.17) is 14.6 Å². The molecule has 0 amide bonds. The third-order valence-electron chi connectivity index (χ3n) is 2.04. The smallest absolute Gasteiger partial charge is 0.187 e. The SMILES string of the molecule is OC[C@H]1OC2OC2[C@@H](O)[C@H]1O. The standard InChI is InChI=1S/C6H10O5/c7-1-2-3(8)4(9)5-6(10-2)11-5/h2-9H,1H2/t2-,3+,4+,5?,6?/m1/s1. The molecule has 2 rings (SSSR count). The largest absolute Gasteiger partial charge is 0.394 e. The average molecular weight is 162 g/mol. The molecule has 11 heavy (non-hydrogen) atoms. The maximum Gasteiger partial charge on any atom is 0.187 e. The van der Waals surface area contributed by atoms with Crippen LogP contribution >= 0.6 is 0 Å². The summed E-state index contributed by atoms with van der Waals surface area (Å²) in [6.07, 6.45) is -3.50. The summed E-state index contributed by atoms with van der Waals surface area (Å²) in [4.78, 5) is 0. The van der Waals surface area contributed by atoms with Crippen molar-refractivity contribution in [1.29, 1.82) is 0 Å². The van der Waals surface area contributed by atoms with Crippen LogP contribution in [0.4, 0.5) is 0 Å². The zero-order chi connectivity index (χ0) is 8.01. The number of fused-ring (bicyclic) bond motifs is 1. The lowest BCUT2D eigenvalue weighted by Crippen LogP contribution is -2.48. The first-order valence-electron chi connectivity index (χ1n) is 3.52. The van der Waals surface area contributed by atoms with Crippen molar-refractivity contribution in [3.63, 3.8) is 0 Å². The second kappa shape index (κ2) is 2.40. The number of aliphatic hydroxyl groups excluding tert-OH is 3. The van der Waals surface area contributed by atoms with Crippen molar-refractivity contribution >= 4 is 0 Å². The van der Waals surface area contributed by atoms with Crippen molar-refractivity contribution in [2.75, 3.05) is 6.61 Å². The Kier molecular flexibility index (Phi) is 1.62. The average Bonchev–Trinajstić information content (AvgIpc) is 2.75. The van der Waals surface area contributed by atoms with Crippen LogP contribution in [0.25, 0.3) is 0 Å². The van der Waals surface area contributed by atoms with Crippen molar-refractivity contribution < 1.29 is 24.8 Å². The summed E-state index contributed by atoms with van der Waals surface area (Å²) in [5.74, 6) is 0. The van der Waals surface area contributed by atoms with Crippen LogP contribution in [0.3, 0.4) is 0 Å². The molecule has 3 N–H and O–H groups in total. The van der Waals surface area contributed by atoms with Crippen molar-refractivity contribution in [3.05, 3.63) is 0 Å². The number of rotatable bonds is 1. The summed E-state index contributed by atoms with van der Waals surface area (Å²) in [6, 6.07) is 0. The Hall–Kier alpha value is -0.200. The molecule has 2 aliphatic heterocycles. The summed E-state index contributed by atoms with van der Waals surface area (Å²) in [6.45, 7) is -0.301. The number of hydrogen-bond donors (Lipinski definition) is 3. The molecule has 2 aliphatic rings. The molecule has 5 atom stereocenters. The summed E-state index contributed by atoms with van der Waals surface area (Å²) in [5.41, 5.74) is 0. The van der Waals surface area contributed by atoms with Crippen molar-refractivity contribution in [2.45, 2.75) is 30.7 Å². The van der Waals surface area contributed by atoms with E-state index in [0.29, 0.717) is 0 Å². The first-order valence-corrected chi connectivity index (χ1v) is 3.52. The van der Waals surface area contributed by atoms with Crippen molar-refractivity contribution in [2.24, 2.45) is 0 Å². The Bertz CT molecular complexity index is 161. The molecule has 2 unspecified atom stereocenters. The highest BCUT2D eigenvalue weighted by molar-refractivity contribution is 4.96. The van der Waals surface area contributed by atoms with Crippen molar-refractivity contribution in [1.82, 2.24) is 0 Å². The van der Waals surface area contributed by atoms with Gasteiger partial charge in [0, 0.05) is 0 Å². The molecule has 64 valence electrons. The fourth-order valence-corrected chi connectivity index (χ4v) is 1.28. The van der Waals surface area contributed by atoms with Crippen LogP contribution in [-0.2, 0) is 9.47 Å². The van der Waals surface area contributed by atoms with E-state index in [-0.39, 0.29) is 6.61 Å². The van der Waals surface area contributed by atoms with Gasteiger partial charge in [-0.3, -0.25) is 0 Å². The molecule has 5 heteroatoms. The predicted molar refractivity (Wildman–Crippen MR) is 32.6 cm³/mol. The van der Waals surface area contributed by atoms with Gasteiger partial charge in [-0.15, -0.1) is 0 Å². The van der Waals surface area contributed by atoms with E-state index in [9.17, 15) is 10.2 Å². The van der Waals surface area contributed by atoms with Gasteiger partial charge >= 0.3 is 0 Å². The van der Waals surface area contributed by atoms with Gasteiger partial charge < -0.3 is 24.8 Å². The van der Waals surface area contributed by atoms with Crippen LogP contribution in [0.5, 0.6) is 0 Å². The lowest BCUT2D eigenvalue weighted by Gasteiger charge is -2.27. The fourth-order valence-electron chi connectivity index (χ4n) is 1.28. The van der Waals surface area contributed by atoms with Gasteiger partial charge in [0.05, 0.1) is 6.61 Å². The molecule has 0 radical (unpaired) electrons. The topological polar surface area (TPSA) is 82.5 Å². The van der Waals surface area contributed by atoms with E-state index in [1.807, 2.05) is 0 Å². The number of epoxide rings is 1. The second-order valence-corrected chi connectivity index (χ2v) is 2.81. The summed E-state index contributed by atoms with van der Waals surface area (Å²) < 4.78 is 9.86. The van der Waals surface area contributed by atoms with E-state index >= 15 is 0 Å². The fraction of sp³-hybridized carbons (Fsp3) is 1.00. The Morgan fingerprint density at radius 3 is 2.45 bits per heavy atom. The normalized spacial score (nSPS) is 55.4. The van der Waals surface area contributed by atoms with Gasteiger partial charge in [0.25, 0.3) is 0 Å². The van der Waals surface area contributed by atoms with Crippen LogP contribution < -0.4 is 0 Å². The lowest BCUT2D eigenvalue weighted by atomic mass is 10.0. The molecule has 0 aromatic heterocycles. The molecule has 0 aromatic carbocycles. The van der Waals surface area contributed by atoms with Crippen LogP contribution in [0.2, 0.25) is 0 Å². The predicted octanol–water partition coefficient (Wildman–Crippen LogP) is -2.18. The van der Waals surface area contributed by atoms with Gasteiger partial charge in [0.15, 0.2) is 6.29 Å². The lowest BCUT2D eigenvalue weighted by molar-refractivity contribution is -0.144. The minimum absolute atomic E-state index is 0.301. The summed E-state index contributed by atoms with van der Waals surface area (Å²) >= 11 is 0. The van der Waals surface area contributed by atoms with E-state index in [1.54, 1.807) is 0 Å². The van der Waals surface area contributed by atoms with Crippen LogP contribution in [0.1, 0.15) is 0 Å². The Labute approximate surface area is 63.2 Å². The molecule has 2 fully saturated rings. The summed E-state index contributed by atoms with van der Waals surface area (Å²) in [5, 5.41) is 27.1.